The van der Waals surface area contributed by atoms with Crippen LogP contribution in [0.4, 0.5) is 11.6 Å². The van der Waals surface area contributed by atoms with E-state index in [1.54, 1.807) is 12.4 Å². The molecular formula is C14H25N5O. The summed E-state index contributed by atoms with van der Waals surface area (Å²) in [6.45, 7) is 6.82. The molecule has 0 unspecified atom stereocenters. The molecule has 1 saturated heterocycles. The molecule has 2 heterocycles. The van der Waals surface area contributed by atoms with Crippen molar-refractivity contribution in [1.82, 2.24) is 14.9 Å². The highest BCUT2D eigenvalue weighted by atomic mass is 16.5. The third-order valence-electron chi connectivity index (χ3n) is 3.64. The number of nitrogens with zero attached hydrogens (tertiary/aromatic N) is 4. The Labute approximate surface area is 121 Å². The largest absolute Gasteiger partial charge is 0.379 e. The molecule has 1 aliphatic rings. The van der Waals surface area contributed by atoms with E-state index in [1.807, 2.05) is 19.0 Å². The number of hydrogen-bond acceptors (Lipinski definition) is 6. The van der Waals surface area contributed by atoms with Crippen molar-refractivity contribution in [1.29, 1.82) is 0 Å². The number of ether oxygens (including phenoxy) is 1. The minimum absolute atomic E-state index is 0.510. The number of morpholine rings is 1. The van der Waals surface area contributed by atoms with Gasteiger partial charge in [-0.25, -0.2) is 9.97 Å². The van der Waals surface area contributed by atoms with Crippen LogP contribution in [0.3, 0.4) is 0 Å². The molecule has 1 aromatic rings. The predicted octanol–water partition coefficient (Wildman–Crippen LogP) is 1.07. The van der Waals surface area contributed by atoms with E-state index in [-0.39, 0.29) is 0 Å². The van der Waals surface area contributed by atoms with Crippen LogP contribution in [0.15, 0.2) is 12.4 Å². The Morgan fingerprint density at radius 1 is 1.30 bits per heavy atom. The molecule has 0 bridgehead atoms. The molecule has 20 heavy (non-hydrogen) atoms. The molecule has 0 aromatic carbocycles. The lowest BCUT2D eigenvalue weighted by Crippen LogP contribution is -2.46. The summed E-state index contributed by atoms with van der Waals surface area (Å²) in [5.74, 6) is 1.73. The zero-order chi connectivity index (χ0) is 14.4. The Kier molecular flexibility index (Phi) is 5.55. The second-order valence-electron chi connectivity index (χ2n) is 5.21. The van der Waals surface area contributed by atoms with Gasteiger partial charge in [0.1, 0.15) is 0 Å². The highest BCUT2D eigenvalue weighted by Gasteiger charge is 2.19. The molecule has 6 nitrogen and oxygen atoms in total. The van der Waals surface area contributed by atoms with E-state index < -0.39 is 0 Å². The van der Waals surface area contributed by atoms with E-state index in [9.17, 15) is 0 Å². The van der Waals surface area contributed by atoms with Gasteiger partial charge in [-0.2, -0.15) is 0 Å². The number of hydrogen-bond donors (Lipinski definition) is 1. The Bertz CT molecular complexity index is 406. The summed E-state index contributed by atoms with van der Waals surface area (Å²) in [6, 6.07) is 0.510. The molecule has 1 fully saturated rings. The molecule has 6 heteroatoms. The van der Waals surface area contributed by atoms with Gasteiger partial charge < -0.3 is 15.0 Å². The summed E-state index contributed by atoms with van der Waals surface area (Å²) in [6.07, 6.45) is 4.56. The quantitative estimate of drug-likeness (QED) is 0.840. The topological polar surface area (TPSA) is 53.5 Å². The standard InChI is InChI=1S/C14H25N5O/c1-4-12(19-7-9-20-10-8-19)11-17-13-14(18(2)3)16-6-5-15-13/h5-6,12H,4,7-11H2,1-3H3,(H,15,17)/t12-/m1/s1. The Morgan fingerprint density at radius 2 is 2.00 bits per heavy atom. The lowest BCUT2D eigenvalue weighted by atomic mass is 10.1. The Hall–Kier alpha value is -1.40. The van der Waals surface area contributed by atoms with Crippen molar-refractivity contribution in [2.24, 2.45) is 0 Å². The van der Waals surface area contributed by atoms with Crippen molar-refractivity contribution in [3.63, 3.8) is 0 Å². The zero-order valence-electron chi connectivity index (χ0n) is 12.7. The van der Waals surface area contributed by atoms with Crippen LogP contribution < -0.4 is 10.2 Å². The number of rotatable bonds is 6. The molecule has 112 valence electrons. The first kappa shape index (κ1) is 15.0. The fourth-order valence-electron chi connectivity index (χ4n) is 2.47. The number of aromatic nitrogens is 2. The van der Waals surface area contributed by atoms with Crippen molar-refractivity contribution in [2.45, 2.75) is 19.4 Å². The number of nitrogens with one attached hydrogen (secondary N) is 1. The van der Waals surface area contributed by atoms with Crippen LogP contribution in [-0.4, -0.2) is 67.9 Å². The molecule has 2 rings (SSSR count). The molecule has 1 atom stereocenters. The predicted molar refractivity (Wildman–Crippen MR) is 81.3 cm³/mol. The van der Waals surface area contributed by atoms with E-state index in [1.165, 1.54) is 0 Å². The average molecular weight is 279 g/mol. The highest BCUT2D eigenvalue weighted by molar-refractivity contribution is 5.59. The third kappa shape index (κ3) is 3.80. The summed E-state index contributed by atoms with van der Waals surface area (Å²) < 4.78 is 5.42. The highest BCUT2D eigenvalue weighted by Crippen LogP contribution is 2.18. The fourth-order valence-corrected chi connectivity index (χ4v) is 2.47. The maximum atomic E-state index is 5.42. The first-order valence-electron chi connectivity index (χ1n) is 7.26. The number of anilines is 2. The van der Waals surface area contributed by atoms with Gasteiger partial charge in [-0.3, -0.25) is 4.90 Å². The van der Waals surface area contributed by atoms with Crippen LogP contribution >= 0.6 is 0 Å². The van der Waals surface area contributed by atoms with Gasteiger partial charge in [-0.15, -0.1) is 0 Å². The summed E-state index contributed by atoms with van der Waals surface area (Å²) in [5.41, 5.74) is 0. The normalized spacial score (nSPS) is 17.8. The summed E-state index contributed by atoms with van der Waals surface area (Å²) in [5, 5.41) is 3.45. The van der Waals surface area contributed by atoms with E-state index in [0.29, 0.717) is 6.04 Å². The van der Waals surface area contributed by atoms with E-state index in [0.717, 1.165) is 50.9 Å². The van der Waals surface area contributed by atoms with Crippen LogP contribution in [0.5, 0.6) is 0 Å². The molecule has 0 radical (unpaired) electrons. The molecule has 0 spiro atoms. The Morgan fingerprint density at radius 3 is 2.65 bits per heavy atom. The van der Waals surface area contributed by atoms with E-state index >= 15 is 0 Å². The first-order valence-corrected chi connectivity index (χ1v) is 7.26. The molecule has 1 N–H and O–H groups in total. The third-order valence-corrected chi connectivity index (χ3v) is 3.64. The summed E-state index contributed by atoms with van der Waals surface area (Å²) in [4.78, 5) is 13.2. The SMILES string of the molecule is CC[C@H](CNc1nccnc1N(C)C)N1CCOCC1. The van der Waals surface area contributed by atoms with Crippen molar-refractivity contribution in [3.05, 3.63) is 12.4 Å². The van der Waals surface area contributed by atoms with Gasteiger partial charge in [0, 0.05) is 52.2 Å². The minimum Gasteiger partial charge on any atom is -0.379 e. The van der Waals surface area contributed by atoms with Crippen LogP contribution in [0.25, 0.3) is 0 Å². The molecule has 1 aliphatic heterocycles. The zero-order valence-corrected chi connectivity index (χ0v) is 12.7. The lowest BCUT2D eigenvalue weighted by Gasteiger charge is -2.34. The van der Waals surface area contributed by atoms with E-state index in [4.69, 9.17) is 4.74 Å². The van der Waals surface area contributed by atoms with Crippen molar-refractivity contribution < 1.29 is 4.74 Å². The van der Waals surface area contributed by atoms with Gasteiger partial charge in [0.15, 0.2) is 11.6 Å². The minimum atomic E-state index is 0.510. The van der Waals surface area contributed by atoms with Crippen molar-refractivity contribution in [2.75, 3.05) is 57.2 Å². The molecule has 0 aliphatic carbocycles. The van der Waals surface area contributed by atoms with Crippen molar-refractivity contribution >= 4 is 11.6 Å². The van der Waals surface area contributed by atoms with Gasteiger partial charge in [-0.05, 0) is 6.42 Å². The molecule has 0 amide bonds. The van der Waals surface area contributed by atoms with E-state index in [2.05, 4.69) is 27.1 Å². The van der Waals surface area contributed by atoms with Crippen LogP contribution in [0.2, 0.25) is 0 Å². The van der Waals surface area contributed by atoms with Crippen molar-refractivity contribution in [3.8, 4) is 0 Å². The summed E-state index contributed by atoms with van der Waals surface area (Å²) >= 11 is 0. The monoisotopic (exact) mass is 279 g/mol. The van der Waals surface area contributed by atoms with Crippen LogP contribution in [0, 0.1) is 0 Å². The molecule has 0 saturated carbocycles. The van der Waals surface area contributed by atoms with Crippen LogP contribution in [-0.2, 0) is 4.74 Å². The van der Waals surface area contributed by atoms with Gasteiger partial charge in [-0.1, -0.05) is 6.92 Å². The molecule has 1 aromatic heterocycles. The molecular weight excluding hydrogens is 254 g/mol. The first-order chi connectivity index (χ1) is 9.72. The second kappa shape index (κ2) is 7.40. The lowest BCUT2D eigenvalue weighted by molar-refractivity contribution is 0.0184. The van der Waals surface area contributed by atoms with Gasteiger partial charge in [0.2, 0.25) is 0 Å². The maximum absolute atomic E-state index is 5.42. The smallest absolute Gasteiger partial charge is 0.171 e. The average Bonchev–Trinajstić information content (AvgIpc) is 2.49. The van der Waals surface area contributed by atoms with Gasteiger partial charge in [0.25, 0.3) is 0 Å². The second-order valence-corrected chi connectivity index (χ2v) is 5.21. The fraction of sp³-hybridized carbons (Fsp3) is 0.714. The van der Waals surface area contributed by atoms with Gasteiger partial charge >= 0.3 is 0 Å². The maximum Gasteiger partial charge on any atom is 0.171 e. The van der Waals surface area contributed by atoms with Gasteiger partial charge in [0.05, 0.1) is 13.2 Å². The Balaban J connectivity index is 1.95. The van der Waals surface area contributed by atoms with Crippen LogP contribution in [0.1, 0.15) is 13.3 Å². The summed E-state index contributed by atoms with van der Waals surface area (Å²) in [7, 11) is 3.96.